The molecule has 1 atom stereocenters. The molecule has 3 aromatic rings. The van der Waals surface area contributed by atoms with Gasteiger partial charge >= 0.3 is 0 Å². The van der Waals surface area contributed by atoms with Gasteiger partial charge in [-0.2, -0.15) is 0 Å². The summed E-state index contributed by atoms with van der Waals surface area (Å²) in [5.74, 6) is -0.758. The molecule has 2 amide bonds. The lowest BCUT2D eigenvalue weighted by Crippen LogP contribution is -2.53. The Balaban J connectivity index is 2.04. The molecule has 0 fully saturated rings. The first-order valence-corrected chi connectivity index (χ1v) is 15.0. The summed E-state index contributed by atoms with van der Waals surface area (Å²) in [4.78, 5) is 28.8. The summed E-state index contributed by atoms with van der Waals surface area (Å²) in [5.41, 5.74) is 4.04. The van der Waals surface area contributed by atoms with E-state index in [1.807, 2.05) is 75.4 Å². The van der Waals surface area contributed by atoms with Crippen LogP contribution >= 0.6 is 15.9 Å². The SMILES string of the molecule is CCNC(=O)[C@@H](Cc1ccccc1)N(Cc1ccc(C)cc1)C(=O)CN(c1ccc(Br)c(C)c1)S(C)(=O)=O. The summed E-state index contributed by atoms with van der Waals surface area (Å²) in [6, 6.07) is 21.5. The van der Waals surface area contributed by atoms with E-state index in [1.54, 1.807) is 18.2 Å². The molecule has 1 N–H and O–H groups in total. The van der Waals surface area contributed by atoms with Crippen molar-refractivity contribution in [2.24, 2.45) is 0 Å². The number of carbonyl (C=O) groups excluding carboxylic acids is 2. The molecule has 0 bridgehead atoms. The van der Waals surface area contributed by atoms with Crippen molar-refractivity contribution in [1.82, 2.24) is 10.2 Å². The number of nitrogens with one attached hydrogen (secondary N) is 1. The first kappa shape index (κ1) is 29.4. The largest absolute Gasteiger partial charge is 0.355 e. The fourth-order valence-electron chi connectivity index (χ4n) is 4.13. The zero-order valence-corrected chi connectivity index (χ0v) is 24.6. The Bertz CT molecular complexity index is 1360. The van der Waals surface area contributed by atoms with Gasteiger partial charge in [-0.3, -0.25) is 13.9 Å². The van der Waals surface area contributed by atoms with Crippen molar-refractivity contribution >= 4 is 43.5 Å². The Labute approximate surface area is 234 Å². The van der Waals surface area contributed by atoms with Crippen molar-refractivity contribution in [3.63, 3.8) is 0 Å². The predicted octanol–water partition coefficient (Wildman–Crippen LogP) is 4.61. The van der Waals surface area contributed by atoms with Gasteiger partial charge in [-0.25, -0.2) is 8.42 Å². The number of rotatable bonds is 11. The predicted molar refractivity (Wildman–Crippen MR) is 155 cm³/mol. The van der Waals surface area contributed by atoms with Crippen LogP contribution in [0.4, 0.5) is 5.69 Å². The summed E-state index contributed by atoms with van der Waals surface area (Å²) in [5, 5.41) is 2.86. The van der Waals surface area contributed by atoms with Crippen molar-refractivity contribution in [3.05, 3.63) is 99.5 Å². The number of nitrogens with zero attached hydrogens (tertiary/aromatic N) is 2. The van der Waals surface area contributed by atoms with E-state index in [0.717, 1.165) is 37.3 Å². The van der Waals surface area contributed by atoms with Gasteiger partial charge in [0.2, 0.25) is 21.8 Å². The van der Waals surface area contributed by atoms with Crippen LogP contribution in [0.15, 0.2) is 77.3 Å². The number of sulfonamides is 1. The minimum absolute atomic E-state index is 0.157. The monoisotopic (exact) mass is 599 g/mol. The molecule has 0 heterocycles. The van der Waals surface area contributed by atoms with Crippen molar-refractivity contribution in [2.45, 2.75) is 39.8 Å². The summed E-state index contributed by atoms with van der Waals surface area (Å²) in [6.07, 6.45) is 1.37. The van der Waals surface area contributed by atoms with E-state index in [9.17, 15) is 18.0 Å². The molecule has 0 aliphatic rings. The zero-order chi connectivity index (χ0) is 27.9. The van der Waals surface area contributed by atoms with Gasteiger partial charge in [0.25, 0.3) is 0 Å². The summed E-state index contributed by atoms with van der Waals surface area (Å²) in [6.45, 7) is 5.78. The van der Waals surface area contributed by atoms with Crippen LogP contribution < -0.4 is 9.62 Å². The number of hydrogen-bond acceptors (Lipinski definition) is 4. The average Bonchev–Trinajstić information content (AvgIpc) is 2.87. The van der Waals surface area contributed by atoms with Gasteiger partial charge in [0.1, 0.15) is 12.6 Å². The number of amides is 2. The van der Waals surface area contributed by atoms with Gasteiger partial charge in [-0.15, -0.1) is 0 Å². The van der Waals surface area contributed by atoms with Crippen LogP contribution in [0, 0.1) is 13.8 Å². The molecule has 0 aromatic heterocycles. The Morgan fingerprint density at radius 3 is 2.18 bits per heavy atom. The van der Waals surface area contributed by atoms with Crippen LogP contribution in [0.2, 0.25) is 0 Å². The molecule has 38 heavy (non-hydrogen) atoms. The molecule has 0 unspecified atom stereocenters. The fourth-order valence-corrected chi connectivity index (χ4v) is 5.22. The molecule has 0 aliphatic carbocycles. The molecule has 3 rings (SSSR count). The number of halogens is 1. The molecule has 0 saturated carbocycles. The lowest BCUT2D eigenvalue weighted by atomic mass is 10.0. The molecular weight excluding hydrogens is 566 g/mol. The highest BCUT2D eigenvalue weighted by Gasteiger charge is 2.32. The fraction of sp³-hybridized carbons (Fsp3) is 0.310. The third-order valence-electron chi connectivity index (χ3n) is 6.20. The molecule has 0 aliphatic heterocycles. The lowest BCUT2D eigenvalue weighted by molar-refractivity contribution is -0.140. The first-order valence-electron chi connectivity index (χ1n) is 12.4. The second-order valence-electron chi connectivity index (χ2n) is 9.31. The number of aryl methyl sites for hydroxylation is 2. The Kier molecular flexibility index (Phi) is 10.1. The molecule has 3 aromatic carbocycles. The normalized spacial score (nSPS) is 12.0. The molecule has 0 radical (unpaired) electrons. The van der Waals surface area contributed by atoms with Gasteiger partial charge in [0, 0.05) is 24.0 Å². The highest BCUT2D eigenvalue weighted by molar-refractivity contribution is 9.10. The molecule has 9 heteroatoms. The molecule has 0 saturated heterocycles. The summed E-state index contributed by atoms with van der Waals surface area (Å²) < 4.78 is 27.6. The summed E-state index contributed by atoms with van der Waals surface area (Å²) >= 11 is 3.44. The maximum absolute atomic E-state index is 14.0. The number of carbonyl (C=O) groups is 2. The third-order valence-corrected chi connectivity index (χ3v) is 8.23. The van der Waals surface area contributed by atoms with Crippen molar-refractivity contribution < 1.29 is 18.0 Å². The van der Waals surface area contributed by atoms with E-state index in [2.05, 4.69) is 21.2 Å². The number of hydrogen-bond donors (Lipinski definition) is 1. The van der Waals surface area contributed by atoms with Gasteiger partial charge in [-0.05, 0) is 55.7 Å². The quantitative estimate of drug-likeness (QED) is 0.349. The Morgan fingerprint density at radius 2 is 1.61 bits per heavy atom. The highest BCUT2D eigenvalue weighted by Crippen LogP contribution is 2.25. The van der Waals surface area contributed by atoms with E-state index in [0.29, 0.717) is 18.7 Å². The Hall–Kier alpha value is -3.17. The van der Waals surface area contributed by atoms with Gasteiger partial charge in [0.05, 0.1) is 11.9 Å². The standard InChI is InChI=1S/C29H34BrN3O4S/c1-5-31-29(35)27(18-23-9-7-6-8-10-23)32(19-24-13-11-21(2)12-14-24)28(34)20-33(38(4,36)37)25-15-16-26(30)22(3)17-25/h6-17,27H,5,18-20H2,1-4H3,(H,31,35)/t27-/m1/s1. The van der Waals surface area contributed by atoms with Crippen LogP contribution in [0.25, 0.3) is 0 Å². The molecule has 7 nitrogen and oxygen atoms in total. The van der Waals surface area contributed by atoms with E-state index >= 15 is 0 Å². The van der Waals surface area contributed by atoms with Crippen LogP contribution in [-0.4, -0.2) is 50.5 Å². The second-order valence-corrected chi connectivity index (χ2v) is 12.1. The van der Waals surface area contributed by atoms with E-state index in [4.69, 9.17) is 0 Å². The Morgan fingerprint density at radius 1 is 0.947 bits per heavy atom. The second kappa shape index (κ2) is 13.1. The number of anilines is 1. The smallest absolute Gasteiger partial charge is 0.244 e. The topological polar surface area (TPSA) is 86.8 Å². The van der Waals surface area contributed by atoms with Gasteiger partial charge in [0.15, 0.2) is 0 Å². The van der Waals surface area contributed by atoms with Crippen LogP contribution in [0.1, 0.15) is 29.2 Å². The zero-order valence-electron chi connectivity index (χ0n) is 22.1. The highest BCUT2D eigenvalue weighted by atomic mass is 79.9. The molecule has 202 valence electrons. The third kappa shape index (κ3) is 7.91. The maximum atomic E-state index is 14.0. The lowest BCUT2D eigenvalue weighted by Gasteiger charge is -2.33. The molecular formula is C29H34BrN3O4S. The van der Waals surface area contributed by atoms with E-state index in [-0.39, 0.29) is 12.5 Å². The van der Waals surface area contributed by atoms with Gasteiger partial charge < -0.3 is 10.2 Å². The minimum Gasteiger partial charge on any atom is -0.355 e. The first-order chi connectivity index (χ1) is 18.0. The van der Waals surface area contributed by atoms with Crippen LogP contribution in [-0.2, 0) is 32.6 Å². The van der Waals surface area contributed by atoms with Crippen LogP contribution in [0.5, 0.6) is 0 Å². The van der Waals surface area contributed by atoms with E-state index < -0.39 is 28.5 Å². The van der Waals surface area contributed by atoms with E-state index in [1.165, 1.54) is 4.90 Å². The summed E-state index contributed by atoms with van der Waals surface area (Å²) in [7, 11) is -3.80. The average molecular weight is 601 g/mol. The number of likely N-dealkylation sites (N-methyl/N-ethyl adjacent to an activating group) is 1. The van der Waals surface area contributed by atoms with Crippen molar-refractivity contribution in [2.75, 3.05) is 23.7 Å². The minimum atomic E-state index is -3.80. The van der Waals surface area contributed by atoms with Crippen molar-refractivity contribution in [1.29, 1.82) is 0 Å². The van der Waals surface area contributed by atoms with Gasteiger partial charge in [-0.1, -0.05) is 76.1 Å². The maximum Gasteiger partial charge on any atom is 0.244 e. The van der Waals surface area contributed by atoms with Crippen molar-refractivity contribution in [3.8, 4) is 0 Å². The molecule has 0 spiro atoms. The van der Waals surface area contributed by atoms with Crippen LogP contribution in [0.3, 0.4) is 0 Å². The number of benzene rings is 3.